The minimum absolute atomic E-state index is 0.354. The van der Waals surface area contributed by atoms with E-state index in [2.05, 4.69) is 41.2 Å². The summed E-state index contributed by atoms with van der Waals surface area (Å²) in [5, 5.41) is 3.49. The second-order valence-electron chi connectivity index (χ2n) is 4.99. The molecule has 19 heavy (non-hydrogen) atoms. The first-order chi connectivity index (χ1) is 9.17. The average Bonchev–Trinajstić information content (AvgIpc) is 2.40. The number of nitrogens with one attached hydrogen (secondary N) is 1. The minimum atomic E-state index is 0.354. The lowest BCUT2D eigenvalue weighted by Gasteiger charge is -2.28. The molecule has 1 N–H and O–H groups in total. The van der Waals surface area contributed by atoms with E-state index < -0.39 is 0 Å². The van der Waals surface area contributed by atoms with Gasteiger partial charge in [-0.1, -0.05) is 42.6 Å². The molecule has 1 unspecified atom stereocenters. The molecule has 1 aromatic carbocycles. The Labute approximate surface area is 126 Å². The highest BCUT2D eigenvalue weighted by Crippen LogP contribution is 2.36. The van der Waals surface area contributed by atoms with Gasteiger partial charge in [-0.25, -0.2) is 0 Å². The molecule has 0 aromatic heterocycles. The molecule has 108 valence electrons. The fourth-order valence-corrected chi connectivity index (χ4v) is 3.19. The first-order valence-electron chi connectivity index (χ1n) is 7.18. The van der Waals surface area contributed by atoms with Crippen LogP contribution >= 0.6 is 15.9 Å². The third-order valence-electron chi connectivity index (χ3n) is 3.63. The Morgan fingerprint density at radius 2 is 1.84 bits per heavy atom. The monoisotopic (exact) mass is 327 g/mol. The largest absolute Gasteiger partial charge is 0.496 e. The summed E-state index contributed by atoms with van der Waals surface area (Å²) in [7, 11) is 3.79. The molecule has 0 saturated carbocycles. The Morgan fingerprint density at radius 3 is 2.32 bits per heavy atom. The van der Waals surface area contributed by atoms with Gasteiger partial charge < -0.3 is 10.1 Å². The van der Waals surface area contributed by atoms with Crippen LogP contribution < -0.4 is 10.1 Å². The lowest BCUT2D eigenvalue weighted by atomic mass is 9.86. The van der Waals surface area contributed by atoms with Crippen LogP contribution in [-0.2, 0) is 0 Å². The van der Waals surface area contributed by atoms with Crippen molar-refractivity contribution in [2.45, 2.75) is 45.6 Å². The van der Waals surface area contributed by atoms with Crippen LogP contribution in [0.1, 0.15) is 51.1 Å². The van der Waals surface area contributed by atoms with Crippen LogP contribution in [0.2, 0.25) is 0 Å². The zero-order valence-electron chi connectivity index (χ0n) is 12.5. The maximum Gasteiger partial charge on any atom is 0.123 e. The Balaban J connectivity index is 3.08. The SMILES string of the molecule is CCCC(CCC)C(NC)c1cc(Br)ccc1OC. The summed E-state index contributed by atoms with van der Waals surface area (Å²) < 4.78 is 6.64. The molecule has 1 rings (SSSR count). The summed E-state index contributed by atoms with van der Waals surface area (Å²) in [5.74, 6) is 1.63. The topological polar surface area (TPSA) is 21.3 Å². The van der Waals surface area contributed by atoms with E-state index in [1.54, 1.807) is 7.11 Å². The molecule has 0 spiro atoms. The number of hydrogen-bond donors (Lipinski definition) is 1. The van der Waals surface area contributed by atoms with E-state index in [1.807, 2.05) is 19.2 Å². The van der Waals surface area contributed by atoms with E-state index in [4.69, 9.17) is 4.74 Å². The van der Waals surface area contributed by atoms with E-state index in [9.17, 15) is 0 Å². The van der Waals surface area contributed by atoms with Gasteiger partial charge in [0.15, 0.2) is 0 Å². The third kappa shape index (κ3) is 4.50. The first kappa shape index (κ1) is 16.5. The molecule has 0 aliphatic rings. The van der Waals surface area contributed by atoms with Gasteiger partial charge in [-0.3, -0.25) is 0 Å². The summed E-state index contributed by atoms with van der Waals surface area (Å²) >= 11 is 3.57. The van der Waals surface area contributed by atoms with Gasteiger partial charge in [0.1, 0.15) is 5.75 Å². The highest BCUT2D eigenvalue weighted by Gasteiger charge is 2.23. The summed E-state index contributed by atoms with van der Waals surface area (Å²) in [6, 6.07) is 6.60. The predicted molar refractivity (Wildman–Crippen MR) is 85.8 cm³/mol. The second kappa shape index (κ2) is 8.60. The molecular formula is C16H26BrNO. The molecule has 0 saturated heterocycles. The van der Waals surface area contributed by atoms with Crippen LogP contribution in [-0.4, -0.2) is 14.2 Å². The molecule has 0 aliphatic heterocycles. The van der Waals surface area contributed by atoms with E-state index in [1.165, 1.54) is 31.2 Å². The number of rotatable bonds is 8. The van der Waals surface area contributed by atoms with Gasteiger partial charge in [0, 0.05) is 16.1 Å². The van der Waals surface area contributed by atoms with Crippen molar-refractivity contribution in [2.75, 3.05) is 14.2 Å². The molecule has 1 aromatic rings. The van der Waals surface area contributed by atoms with Gasteiger partial charge in [-0.05, 0) is 44.0 Å². The number of benzene rings is 1. The molecule has 0 amide bonds. The summed E-state index contributed by atoms with van der Waals surface area (Å²) in [4.78, 5) is 0. The fraction of sp³-hybridized carbons (Fsp3) is 0.625. The summed E-state index contributed by atoms with van der Waals surface area (Å²) in [6.07, 6.45) is 4.93. The van der Waals surface area contributed by atoms with E-state index in [0.717, 1.165) is 10.2 Å². The molecule has 1 atom stereocenters. The third-order valence-corrected chi connectivity index (χ3v) is 4.12. The lowest BCUT2D eigenvalue weighted by Crippen LogP contribution is -2.26. The molecule has 2 nitrogen and oxygen atoms in total. The smallest absolute Gasteiger partial charge is 0.123 e. The average molecular weight is 328 g/mol. The van der Waals surface area contributed by atoms with Gasteiger partial charge in [-0.2, -0.15) is 0 Å². The molecule has 0 bridgehead atoms. The van der Waals surface area contributed by atoms with Crippen molar-refractivity contribution in [3.8, 4) is 5.75 Å². The van der Waals surface area contributed by atoms with Crippen LogP contribution in [0.15, 0.2) is 22.7 Å². The van der Waals surface area contributed by atoms with E-state index in [-0.39, 0.29) is 0 Å². The van der Waals surface area contributed by atoms with Crippen LogP contribution in [0, 0.1) is 5.92 Å². The Bertz CT molecular complexity index is 375. The zero-order valence-corrected chi connectivity index (χ0v) is 14.1. The van der Waals surface area contributed by atoms with Gasteiger partial charge in [0.25, 0.3) is 0 Å². The molecule has 0 aliphatic carbocycles. The maximum atomic E-state index is 5.53. The Morgan fingerprint density at radius 1 is 1.21 bits per heavy atom. The first-order valence-corrected chi connectivity index (χ1v) is 7.97. The summed E-state index contributed by atoms with van der Waals surface area (Å²) in [6.45, 7) is 4.51. The van der Waals surface area contributed by atoms with Crippen molar-refractivity contribution in [1.82, 2.24) is 5.32 Å². The van der Waals surface area contributed by atoms with Crippen molar-refractivity contribution >= 4 is 15.9 Å². The normalized spacial score (nSPS) is 12.7. The highest BCUT2D eigenvalue weighted by atomic mass is 79.9. The van der Waals surface area contributed by atoms with E-state index >= 15 is 0 Å². The highest BCUT2D eigenvalue weighted by molar-refractivity contribution is 9.10. The molecule has 3 heteroatoms. The standard InChI is InChI=1S/C16H26BrNO/c1-5-7-12(8-6-2)16(18-3)14-11-13(17)9-10-15(14)19-4/h9-12,16,18H,5-8H2,1-4H3. The van der Waals surface area contributed by atoms with E-state index in [0.29, 0.717) is 12.0 Å². The predicted octanol–water partition coefficient (Wildman–Crippen LogP) is 4.93. The van der Waals surface area contributed by atoms with Crippen molar-refractivity contribution in [2.24, 2.45) is 5.92 Å². The van der Waals surface area contributed by atoms with Gasteiger partial charge in [0.2, 0.25) is 0 Å². The number of halogens is 1. The molecule has 0 fully saturated rings. The molecular weight excluding hydrogens is 302 g/mol. The zero-order chi connectivity index (χ0) is 14.3. The fourth-order valence-electron chi connectivity index (χ4n) is 2.81. The van der Waals surface area contributed by atoms with Gasteiger partial charge in [0.05, 0.1) is 7.11 Å². The number of ether oxygens (including phenoxy) is 1. The van der Waals surface area contributed by atoms with Crippen molar-refractivity contribution in [3.63, 3.8) is 0 Å². The van der Waals surface area contributed by atoms with Crippen LogP contribution in [0.3, 0.4) is 0 Å². The van der Waals surface area contributed by atoms with Crippen molar-refractivity contribution in [1.29, 1.82) is 0 Å². The second-order valence-corrected chi connectivity index (χ2v) is 5.91. The van der Waals surface area contributed by atoms with Crippen LogP contribution in [0.25, 0.3) is 0 Å². The molecule has 0 radical (unpaired) electrons. The summed E-state index contributed by atoms with van der Waals surface area (Å²) in [5.41, 5.74) is 1.26. The van der Waals surface area contributed by atoms with Gasteiger partial charge >= 0.3 is 0 Å². The molecule has 0 heterocycles. The van der Waals surface area contributed by atoms with Crippen LogP contribution in [0.5, 0.6) is 5.75 Å². The maximum absolute atomic E-state index is 5.53. The minimum Gasteiger partial charge on any atom is -0.496 e. The van der Waals surface area contributed by atoms with Crippen LogP contribution in [0.4, 0.5) is 0 Å². The van der Waals surface area contributed by atoms with Gasteiger partial charge in [-0.15, -0.1) is 0 Å². The van der Waals surface area contributed by atoms with Crippen molar-refractivity contribution in [3.05, 3.63) is 28.2 Å². The number of hydrogen-bond acceptors (Lipinski definition) is 2. The number of methoxy groups -OCH3 is 1. The quantitative estimate of drug-likeness (QED) is 0.730. The Kier molecular flexibility index (Phi) is 7.47. The lowest BCUT2D eigenvalue weighted by molar-refractivity contribution is 0.318. The Hall–Kier alpha value is -0.540. The van der Waals surface area contributed by atoms with Crippen molar-refractivity contribution < 1.29 is 4.74 Å².